The van der Waals surface area contributed by atoms with Gasteiger partial charge in [-0.1, -0.05) is 53.4 Å². The van der Waals surface area contributed by atoms with E-state index in [2.05, 4.69) is 15.5 Å². The van der Waals surface area contributed by atoms with E-state index in [-0.39, 0.29) is 11.9 Å². The van der Waals surface area contributed by atoms with Crippen molar-refractivity contribution in [2.24, 2.45) is 0 Å². The number of unbranched alkanes of at least 4 members (excludes halogenated alkanes) is 2. The van der Waals surface area contributed by atoms with Crippen molar-refractivity contribution < 1.29 is 9.59 Å². The summed E-state index contributed by atoms with van der Waals surface area (Å²) >= 11 is 11.9. The second kappa shape index (κ2) is 14.1. The van der Waals surface area contributed by atoms with E-state index in [0.717, 1.165) is 69.7 Å². The molecule has 1 aliphatic rings. The molecule has 1 fully saturated rings. The maximum Gasteiger partial charge on any atom is 0.321 e. The third-order valence-corrected chi connectivity index (χ3v) is 6.74. The lowest BCUT2D eigenvalue weighted by atomic mass is 10.2. The first-order valence-corrected chi connectivity index (χ1v) is 12.9. The Morgan fingerprint density at radius 2 is 1.74 bits per heavy atom. The molecule has 35 heavy (non-hydrogen) atoms. The number of benzene rings is 2. The molecule has 1 saturated heterocycles. The Kier molecular flexibility index (Phi) is 10.9. The fraction of sp³-hybridized carbons (Fsp3) is 0.407. The summed E-state index contributed by atoms with van der Waals surface area (Å²) in [6, 6.07) is 13.1. The first kappa shape index (κ1) is 27.1. The van der Waals surface area contributed by atoms with Gasteiger partial charge in [-0.3, -0.25) is 4.79 Å². The summed E-state index contributed by atoms with van der Waals surface area (Å²) in [5, 5.41) is 6.88. The zero-order chi connectivity index (χ0) is 25.0. The third-order valence-electron chi connectivity index (χ3n) is 6.00. The van der Waals surface area contributed by atoms with Gasteiger partial charge < -0.3 is 20.4 Å². The summed E-state index contributed by atoms with van der Waals surface area (Å²) in [5.41, 5.74) is 2.84. The van der Waals surface area contributed by atoms with E-state index >= 15 is 0 Å². The van der Waals surface area contributed by atoms with Crippen LogP contribution in [0.4, 0.5) is 10.5 Å². The average molecular weight is 518 g/mol. The number of urea groups is 1. The number of carbonyl (C=O) groups excluding carboxylic acids is 2. The molecular weight excluding hydrogens is 483 g/mol. The highest BCUT2D eigenvalue weighted by Crippen LogP contribution is 2.23. The van der Waals surface area contributed by atoms with Crippen molar-refractivity contribution in [3.05, 3.63) is 69.7 Å². The monoisotopic (exact) mass is 516 g/mol. The molecule has 6 nitrogen and oxygen atoms in total. The highest BCUT2D eigenvalue weighted by molar-refractivity contribution is 6.42. The highest BCUT2D eigenvalue weighted by Gasteiger charge is 2.18. The Bertz CT molecular complexity index is 1010. The summed E-state index contributed by atoms with van der Waals surface area (Å²) in [5.74, 6) is -0.118. The molecule has 1 heterocycles. The van der Waals surface area contributed by atoms with E-state index in [4.69, 9.17) is 23.2 Å². The molecule has 1 aliphatic heterocycles. The van der Waals surface area contributed by atoms with Gasteiger partial charge in [-0.25, -0.2) is 4.79 Å². The molecule has 8 heteroatoms. The zero-order valence-electron chi connectivity index (χ0n) is 20.2. The normalized spacial score (nSPS) is 14.7. The number of aryl methyl sites for hydroxylation is 1. The summed E-state index contributed by atoms with van der Waals surface area (Å²) < 4.78 is 0. The second-order valence-corrected chi connectivity index (χ2v) is 9.65. The number of hydrogen-bond acceptors (Lipinski definition) is 3. The molecule has 3 rings (SSSR count). The molecule has 0 bridgehead atoms. The van der Waals surface area contributed by atoms with E-state index in [0.29, 0.717) is 16.6 Å². The van der Waals surface area contributed by atoms with Crippen LogP contribution in [0.1, 0.15) is 36.8 Å². The summed E-state index contributed by atoms with van der Waals surface area (Å²) in [6.45, 7) is 7.09. The topological polar surface area (TPSA) is 64.7 Å². The lowest BCUT2D eigenvalue weighted by Crippen LogP contribution is -2.38. The minimum atomic E-state index is -0.118. The largest absolute Gasteiger partial charge is 0.353 e. The molecule has 2 aromatic carbocycles. The van der Waals surface area contributed by atoms with Crippen LogP contribution in [-0.4, -0.2) is 61.0 Å². The van der Waals surface area contributed by atoms with Crippen molar-refractivity contribution in [3.63, 3.8) is 0 Å². The predicted molar refractivity (Wildman–Crippen MR) is 145 cm³/mol. The summed E-state index contributed by atoms with van der Waals surface area (Å²) in [4.78, 5) is 28.9. The molecule has 2 aromatic rings. The van der Waals surface area contributed by atoms with E-state index in [1.165, 1.54) is 11.6 Å². The SMILES string of the molecule is Cc1ccc(NC(=O)N2CCCN(CCCCCNC(=O)/C=C/c3ccc(Cl)c(Cl)c3)CC2)cc1. The number of hydrogen-bond donors (Lipinski definition) is 2. The van der Waals surface area contributed by atoms with Gasteiger partial charge in [0.25, 0.3) is 0 Å². The first-order valence-electron chi connectivity index (χ1n) is 12.2. The van der Waals surface area contributed by atoms with Gasteiger partial charge >= 0.3 is 6.03 Å². The van der Waals surface area contributed by atoms with Gasteiger partial charge in [-0.05, 0) is 75.2 Å². The second-order valence-electron chi connectivity index (χ2n) is 8.84. The predicted octanol–water partition coefficient (Wildman–Crippen LogP) is 5.84. The van der Waals surface area contributed by atoms with Crippen LogP contribution in [0.25, 0.3) is 6.08 Å². The number of halogens is 2. The van der Waals surface area contributed by atoms with Crippen molar-refractivity contribution in [1.82, 2.24) is 15.1 Å². The minimum Gasteiger partial charge on any atom is -0.353 e. The smallest absolute Gasteiger partial charge is 0.321 e. The van der Waals surface area contributed by atoms with E-state index < -0.39 is 0 Å². The maximum absolute atomic E-state index is 12.6. The van der Waals surface area contributed by atoms with E-state index in [1.807, 2.05) is 42.2 Å². The highest BCUT2D eigenvalue weighted by atomic mass is 35.5. The molecule has 0 spiro atoms. The fourth-order valence-electron chi connectivity index (χ4n) is 3.93. The maximum atomic E-state index is 12.6. The number of amides is 3. The number of nitrogens with zero attached hydrogens (tertiary/aromatic N) is 2. The van der Waals surface area contributed by atoms with E-state index in [1.54, 1.807) is 18.2 Å². The fourth-order valence-corrected chi connectivity index (χ4v) is 4.24. The van der Waals surface area contributed by atoms with Crippen molar-refractivity contribution in [2.75, 3.05) is 44.6 Å². The van der Waals surface area contributed by atoms with Gasteiger partial charge in [-0.2, -0.15) is 0 Å². The number of rotatable bonds is 9. The van der Waals surface area contributed by atoms with Crippen molar-refractivity contribution >= 4 is 46.9 Å². The van der Waals surface area contributed by atoms with Crippen LogP contribution in [0.2, 0.25) is 10.0 Å². The van der Waals surface area contributed by atoms with E-state index in [9.17, 15) is 9.59 Å². The Balaban J connectivity index is 1.27. The Morgan fingerprint density at radius 3 is 2.51 bits per heavy atom. The first-order chi connectivity index (χ1) is 16.9. The summed E-state index contributed by atoms with van der Waals surface area (Å²) in [7, 11) is 0. The van der Waals surface area contributed by atoms with Crippen LogP contribution in [-0.2, 0) is 4.79 Å². The molecule has 0 atom stereocenters. The molecular formula is C27H34Cl2N4O2. The Hall–Kier alpha value is -2.54. The van der Waals surface area contributed by atoms with Crippen molar-refractivity contribution in [2.45, 2.75) is 32.6 Å². The van der Waals surface area contributed by atoms with Gasteiger partial charge in [0.05, 0.1) is 10.0 Å². The lowest BCUT2D eigenvalue weighted by Gasteiger charge is -2.22. The van der Waals surface area contributed by atoms with Crippen LogP contribution in [0, 0.1) is 6.92 Å². The van der Waals surface area contributed by atoms with Crippen LogP contribution >= 0.6 is 23.2 Å². The van der Waals surface area contributed by atoms with Gasteiger partial charge in [0.15, 0.2) is 0 Å². The molecule has 2 N–H and O–H groups in total. The zero-order valence-corrected chi connectivity index (χ0v) is 21.7. The van der Waals surface area contributed by atoms with Crippen molar-refractivity contribution in [3.8, 4) is 0 Å². The number of nitrogens with one attached hydrogen (secondary N) is 2. The molecule has 0 radical (unpaired) electrons. The standard InChI is InChI=1S/C27H34Cl2N4O2/c1-21-6-10-23(11-7-21)31-27(35)33-17-5-16-32(18-19-33)15-4-2-3-14-30-26(34)13-9-22-8-12-24(28)25(29)20-22/h6-13,20H,2-5,14-19H2,1H3,(H,30,34)(H,31,35)/b13-9+. The molecule has 0 saturated carbocycles. The minimum absolute atomic E-state index is 0.0281. The van der Waals surface area contributed by atoms with Gasteiger partial charge in [0.2, 0.25) is 5.91 Å². The number of carbonyl (C=O) groups is 2. The molecule has 0 aliphatic carbocycles. The van der Waals surface area contributed by atoms with Crippen LogP contribution in [0.15, 0.2) is 48.5 Å². The lowest BCUT2D eigenvalue weighted by molar-refractivity contribution is -0.116. The molecule has 188 valence electrons. The van der Waals surface area contributed by atoms with Crippen LogP contribution in [0.3, 0.4) is 0 Å². The quantitative estimate of drug-likeness (QED) is 0.325. The molecule has 0 aromatic heterocycles. The third kappa shape index (κ3) is 9.55. The van der Waals surface area contributed by atoms with Gasteiger partial charge in [0, 0.05) is 37.9 Å². The van der Waals surface area contributed by atoms with Crippen molar-refractivity contribution in [1.29, 1.82) is 0 Å². The molecule has 3 amide bonds. The molecule has 0 unspecified atom stereocenters. The van der Waals surface area contributed by atoms with Gasteiger partial charge in [0.1, 0.15) is 0 Å². The van der Waals surface area contributed by atoms with Crippen LogP contribution < -0.4 is 10.6 Å². The number of anilines is 1. The summed E-state index contributed by atoms with van der Waals surface area (Å²) in [6.07, 6.45) is 7.27. The Labute approximate surface area is 218 Å². The van der Waals surface area contributed by atoms with Crippen LogP contribution in [0.5, 0.6) is 0 Å². The van der Waals surface area contributed by atoms with Gasteiger partial charge in [-0.15, -0.1) is 0 Å². The Morgan fingerprint density at radius 1 is 0.943 bits per heavy atom. The average Bonchev–Trinajstić information content (AvgIpc) is 3.09.